The molecule has 1 rings (SSSR count). The Balaban J connectivity index is 2.76. The van der Waals surface area contributed by atoms with Crippen LogP contribution >= 0.6 is 15.9 Å². The van der Waals surface area contributed by atoms with E-state index in [-0.39, 0.29) is 12.4 Å². The van der Waals surface area contributed by atoms with Gasteiger partial charge in [-0.15, -0.1) is 0 Å². The normalized spacial score (nSPS) is 9.86. The maximum atomic E-state index is 11.2. The summed E-state index contributed by atoms with van der Waals surface area (Å²) < 4.78 is 5.48. The molecule has 0 spiro atoms. The van der Waals surface area contributed by atoms with E-state index in [9.17, 15) is 4.79 Å². The van der Waals surface area contributed by atoms with Crippen LogP contribution in [0.15, 0.2) is 16.7 Å². The van der Waals surface area contributed by atoms with Crippen LogP contribution in [0.25, 0.3) is 0 Å². The summed E-state index contributed by atoms with van der Waals surface area (Å²) in [5, 5.41) is 0. The molecule has 14 heavy (non-hydrogen) atoms. The third-order valence-corrected chi connectivity index (χ3v) is 2.55. The summed E-state index contributed by atoms with van der Waals surface area (Å²) in [6.45, 7) is 2.16. The minimum absolute atomic E-state index is 0.209. The SMILES string of the molecule is CCOC(=O)Cc1ccnc(N)c1Br. The lowest BCUT2D eigenvalue weighted by Crippen LogP contribution is -2.08. The number of nitrogens with two attached hydrogens (primary N) is 1. The summed E-state index contributed by atoms with van der Waals surface area (Å²) in [5.74, 6) is 0.116. The predicted octanol–water partition coefficient (Wildman–Crippen LogP) is 1.53. The Hall–Kier alpha value is -1.10. The van der Waals surface area contributed by atoms with Gasteiger partial charge in [-0.3, -0.25) is 4.79 Å². The Morgan fingerprint density at radius 3 is 3.07 bits per heavy atom. The fourth-order valence-electron chi connectivity index (χ4n) is 1.01. The highest BCUT2D eigenvalue weighted by atomic mass is 79.9. The van der Waals surface area contributed by atoms with E-state index in [4.69, 9.17) is 10.5 Å². The Morgan fingerprint density at radius 2 is 2.43 bits per heavy atom. The van der Waals surface area contributed by atoms with Gasteiger partial charge in [-0.1, -0.05) is 0 Å². The average Bonchev–Trinajstić information content (AvgIpc) is 2.13. The van der Waals surface area contributed by atoms with Crippen molar-refractivity contribution >= 4 is 27.7 Å². The van der Waals surface area contributed by atoms with Crippen LogP contribution in [0.2, 0.25) is 0 Å². The number of hydrogen-bond donors (Lipinski definition) is 1. The van der Waals surface area contributed by atoms with Crippen LogP contribution in [-0.2, 0) is 16.0 Å². The summed E-state index contributed by atoms with van der Waals surface area (Å²) in [5.41, 5.74) is 6.35. The van der Waals surface area contributed by atoms with Gasteiger partial charge in [-0.05, 0) is 34.5 Å². The first-order valence-electron chi connectivity index (χ1n) is 4.19. The minimum atomic E-state index is -0.265. The lowest BCUT2D eigenvalue weighted by Gasteiger charge is -2.05. The zero-order valence-corrected chi connectivity index (χ0v) is 9.37. The molecule has 76 valence electrons. The zero-order valence-electron chi connectivity index (χ0n) is 7.79. The predicted molar refractivity (Wildman–Crippen MR) is 56.7 cm³/mol. The molecular weight excluding hydrogens is 248 g/mol. The molecule has 0 aromatic carbocycles. The highest BCUT2D eigenvalue weighted by molar-refractivity contribution is 9.10. The summed E-state index contributed by atoms with van der Waals surface area (Å²) in [6.07, 6.45) is 1.77. The van der Waals surface area contributed by atoms with E-state index in [1.54, 1.807) is 19.2 Å². The van der Waals surface area contributed by atoms with Crippen molar-refractivity contribution in [3.63, 3.8) is 0 Å². The summed E-state index contributed by atoms with van der Waals surface area (Å²) in [6, 6.07) is 1.73. The number of pyridine rings is 1. The number of carbonyl (C=O) groups excluding carboxylic acids is 1. The zero-order chi connectivity index (χ0) is 10.6. The van der Waals surface area contributed by atoms with E-state index in [2.05, 4.69) is 20.9 Å². The van der Waals surface area contributed by atoms with Crippen LogP contribution in [0.4, 0.5) is 5.82 Å². The van der Waals surface area contributed by atoms with Gasteiger partial charge in [0.2, 0.25) is 0 Å². The van der Waals surface area contributed by atoms with Crippen molar-refractivity contribution in [2.24, 2.45) is 0 Å². The third kappa shape index (κ3) is 2.70. The van der Waals surface area contributed by atoms with Gasteiger partial charge in [-0.25, -0.2) is 4.98 Å². The largest absolute Gasteiger partial charge is 0.466 e. The number of halogens is 1. The molecule has 0 aliphatic rings. The molecule has 0 atom stereocenters. The molecule has 0 fully saturated rings. The van der Waals surface area contributed by atoms with Crippen LogP contribution < -0.4 is 5.73 Å². The first kappa shape index (κ1) is 11.0. The van der Waals surface area contributed by atoms with Gasteiger partial charge in [0.15, 0.2) is 0 Å². The molecular formula is C9H11BrN2O2. The fourth-order valence-corrected chi connectivity index (χ4v) is 1.38. The molecule has 5 heteroatoms. The van der Waals surface area contributed by atoms with Gasteiger partial charge in [0, 0.05) is 6.20 Å². The Bertz CT molecular complexity index is 342. The highest BCUT2D eigenvalue weighted by Gasteiger charge is 2.09. The Kier molecular flexibility index (Phi) is 3.88. The van der Waals surface area contributed by atoms with Crippen molar-refractivity contribution < 1.29 is 9.53 Å². The molecule has 0 saturated carbocycles. The van der Waals surface area contributed by atoms with E-state index in [1.165, 1.54) is 0 Å². The number of ether oxygens (including phenoxy) is 1. The topological polar surface area (TPSA) is 65.2 Å². The van der Waals surface area contributed by atoms with Crippen LogP contribution in [0.1, 0.15) is 12.5 Å². The highest BCUT2D eigenvalue weighted by Crippen LogP contribution is 2.21. The number of nitrogens with zero attached hydrogens (tertiary/aromatic N) is 1. The number of anilines is 1. The molecule has 0 saturated heterocycles. The fraction of sp³-hybridized carbons (Fsp3) is 0.333. The van der Waals surface area contributed by atoms with Crippen molar-refractivity contribution in [1.82, 2.24) is 4.98 Å². The van der Waals surface area contributed by atoms with Gasteiger partial charge in [0.05, 0.1) is 17.5 Å². The Morgan fingerprint density at radius 1 is 1.71 bits per heavy atom. The van der Waals surface area contributed by atoms with Crippen LogP contribution in [0, 0.1) is 0 Å². The summed E-state index contributed by atoms with van der Waals surface area (Å²) in [7, 11) is 0. The van der Waals surface area contributed by atoms with Crippen molar-refractivity contribution in [3.8, 4) is 0 Å². The standard InChI is InChI=1S/C9H11BrN2O2/c1-2-14-7(13)5-6-3-4-12-9(11)8(6)10/h3-4H,2,5H2,1H3,(H2,11,12). The van der Waals surface area contributed by atoms with Gasteiger partial charge in [0.25, 0.3) is 0 Å². The first-order valence-corrected chi connectivity index (χ1v) is 4.99. The van der Waals surface area contributed by atoms with Crippen molar-refractivity contribution in [1.29, 1.82) is 0 Å². The third-order valence-electron chi connectivity index (χ3n) is 1.64. The number of nitrogen functional groups attached to an aromatic ring is 1. The quantitative estimate of drug-likeness (QED) is 0.836. The van der Waals surface area contributed by atoms with Gasteiger partial charge >= 0.3 is 5.97 Å². The maximum absolute atomic E-state index is 11.2. The molecule has 0 radical (unpaired) electrons. The van der Waals surface area contributed by atoms with Gasteiger partial charge in [-0.2, -0.15) is 0 Å². The molecule has 0 aliphatic heterocycles. The van der Waals surface area contributed by atoms with Crippen LogP contribution in [-0.4, -0.2) is 17.6 Å². The van der Waals surface area contributed by atoms with E-state index < -0.39 is 0 Å². The average molecular weight is 259 g/mol. The number of aromatic nitrogens is 1. The summed E-state index contributed by atoms with van der Waals surface area (Å²) in [4.78, 5) is 15.0. The molecule has 0 amide bonds. The molecule has 4 nitrogen and oxygen atoms in total. The first-order chi connectivity index (χ1) is 6.65. The lowest BCUT2D eigenvalue weighted by molar-refractivity contribution is -0.142. The number of rotatable bonds is 3. The second-order valence-corrected chi connectivity index (χ2v) is 3.44. The van der Waals surface area contributed by atoms with E-state index in [0.29, 0.717) is 16.9 Å². The summed E-state index contributed by atoms with van der Waals surface area (Å²) >= 11 is 3.26. The second-order valence-electron chi connectivity index (χ2n) is 2.65. The molecule has 2 N–H and O–H groups in total. The van der Waals surface area contributed by atoms with Gasteiger partial charge in [0.1, 0.15) is 5.82 Å². The smallest absolute Gasteiger partial charge is 0.310 e. The Labute approximate surface area is 90.6 Å². The number of esters is 1. The number of carbonyl (C=O) groups is 1. The van der Waals surface area contributed by atoms with E-state index in [0.717, 1.165) is 5.56 Å². The molecule has 1 aromatic heterocycles. The molecule has 0 unspecified atom stereocenters. The number of hydrogen-bond acceptors (Lipinski definition) is 4. The van der Waals surface area contributed by atoms with Crippen molar-refractivity contribution in [2.75, 3.05) is 12.3 Å². The molecule has 0 aliphatic carbocycles. The second kappa shape index (κ2) is 4.95. The van der Waals surface area contributed by atoms with Crippen LogP contribution in [0.5, 0.6) is 0 Å². The van der Waals surface area contributed by atoms with Gasteiger partial charge < -0.3 is 10.5 Å². The lowest BCUT2D eigenvalue weighted by atomic mass is 10.2. The van der Waals surface area contributed by atoms with Crippen molar-refractivity contribution in [3.05, 3.63) is 22.3 Å². The monoisotopic (exact) mass is 258 g/mol. The molecule has 1 heterocycles. The molecule has 0 bridgehead atoms. The van der Waals surface area contributed by atoms with E-state index in [1.807, 2.05) is 0 Å². The van der Waals surface area contributed by atoms with Crippen molar-refractivity contribution in [2.45, 2.75) is 13.3 Å². The minimum Gasteiger partial charge on any atom is -0.466 e. The maximum Gasteiger partial charge on any atom is 0.310 e. The molecule has 1 aromatic rings. The van der Waals surface area contributed by atoms with Crippen LogP contribution in [0.3, 0.4) is 0 Å². The van der Waals surface area contributed by atoms with E-state index >= 15 is 0 Å².